The Balaban J connectivity index is 1.53. The summed E-state index contributed by atoms with van der Waals surface area (Å²) in [6.07, 6.45) is 13.6. The number of carboxylic acids is 1. The molecule has 0 amide bonds. The van der Waals surface area contributed by atoms with Gasteiger partial charge in [-0.25, -0.2) is 0 Å². The van der Waals surface area contributed by atoms with Crippen LogP contribution in [0.25, 0.3) is 0 Å². The lowest BCUT2D eigenvalue weighted by Crippen LogP contribution is -2.82. The second-order valence-corrected chi connectivity index (χ2v) is 17.1. The summed E-state index contributed by atoms with van der Waals surface area (Å²) in [6, 6.07) is 0. The summed E-state index contributed by atoms with van der Waals surface area (Å²) >= 11 is 0. The van der Waals surface area contributed by atoms with E-state index >= 15 is 0 Å². The van der Waals surface area contributed by atoms with Crippen LogP contribution in [0.3, 0.4) is 0 Å². The van der Waals surface area contributed by atoms with E-state index in [0.717, 1.165) is 30.1 Å². The minimum atomic E-state index is -0.597. The average molecular weight is 483 g/mol. The van der Waals surface area contributed by atoms with E-state index in [9.17, 15) is 9.90 Å². The summed E-state index contributed by atoms with van der Waals surface area (Å²) < 4.78 is 0. The van der Waals surface area contributed by atoms with Crippen molar-refractivity contribution in [2.75, 3.05) is 0 Å². The molecule has 9 rings (SSSR count). The highest BCUT2D eigenvalue weighted by atomic mass is 16.4. The third-order valence-electron chi connectivity index (χ3n) is 16.7. The molecule has 6 bridgehead atoms. The van der Waals surface area contributed by atoms with Gasteiger partial charge in [-0.2, -0.15) is 0 Å². The van der Waals surface area contributed by atoms with E-state index in [0.29, 0.717) is 28.1 Å². The molecule has 2 heteroatoms. The lowest BCUT2D eigenvalue weighted by molar-refractivity contribution is -0.404. The zero-order valence-electron chi connectivity index (χ0n) is 24.4. The second-order valence-electron chi connectivity index (χ2n) is 17.1. The quantitative estimate of drug-likeness (QED) is 0.424. The highest BCUT2D eigenvalue weighted by Crippen LogP contribution is 2.92. The second kappa shape index (κ2) is 6.54. The summed E-state index contributed by atoms with van der Waals surface area (Å²) in [6.45, 7) is 23.8. The molecular weight excluding hydrogens is 428 g/mol. The van der Waals surface area contributed by atoms with Gasteiger partial charge >= 0.3 is 5.97 Å². The van der Waals surface area contributed by atoms with Crippen LogP contribution >= 0.6 is 0 Å². The van der Waals surface area contributed by atoms with E-state index in [1.54, 1.807) is 0 Å². The number of carboxylic acid groups (broad SMARTS) is 1. The van der Waals surface area contributed by atoms with Crippen molar-refractivity contribution in [3.63, 3.8) is 0 Å². The van der Waals surface area contributed by atoms with Gasteiger partial charge in [-0.05, 0) is 131 Å². The van der Waals surface area contributed by atoms with E-state index in [1.807, 2.05) is 0 Å². The van der Waals surface area contributed by atoms with Gasteiger partial charge in [0.1, 0.15) is 0 Å². The SMILES string of the molecule is CC1(C)C2CCC(C)(C34CC(CCC3(C)C3(C)CCC5CC3(CCC(=O)O)C5(C)C)C4(C)C)C1C2. The van der Waals surface area contributed by atoms with Crippen molar-refractivity contribution in [1.29, 1.82) is 0 Å². The van der Waals surface area contributed by atoms with Crippen LogP contribution < -0.4 is 0 Å². The standard InChI is InChI=1S/C33H54O2/c1-26(2)21-10-14-29(7,24(26)18-21)33-20-23(28(33,5)6)12-16-31(33,9)30(8)15-11-22-19-32(30,27(22,3)4)17-13-25(34)35/h21-24H,10-20H2,1-9H3,(H,34,35). The summed E-state index contributed by atoms with van der Waals surface area (Å²) in [5.74, 6) is 2.84. The van der Waals surface area contributed by atoms with Gasteiger partial charge in [0.25, 0.3) is 0 Å². The van der Waals surface area contributed by atoms with Crippen molar-refractivity contribution >= 4 is 5.97 Å². The summed E-state index contributed by atoms with van der Waals surface area (Å²) in [5, 5.41) is 9.83. The first-order valence-corrected chi connectivity index (χ1v) is 15.2. The Kier molecular flexibility index (Phi) is 4.63. The fourth-order valence-electron chi connectivity index (χ4n) is 14.4. The van der Waals surface area contributed by atoms with Crippen LogP contribution in [0, 0.1) is 67.0 Å². The number of hydrogen-bond donors (Lipinski definition) is 1. The van der Waals surface area contributed by atoms with Crippen molar-refractivity contribution in [1.82, 2.24) is 0 Å². The number of rotatable bonds is 5. The summed E-state index contributed by atoms with van der Waals surface area (Å²) in [5.41, 5.74) is 2.46. The van der Waals surface area contributed by atoms with Crippen molar-refractivity contribution < 1.29 is 9.90 Å². The molecule has 0 aliphatic heterocycles. The fourth-order valence-corrected chi connectivity index (χ4v) is 14.4. The number of aliphatic carboxylic acids is 1. The van der Waals surface area contributed by atoms with Crippen LogP contribution in [-0.2, 0) is 4.79 Å². The van der Waals surface area contributed by atoms with Crippen LogP contribution in [0.2, 0.25) is 0 Å². The van der Waals surface area contributed by atoms with Gasteiger partial charge in [-0.1, -0.05) is 62.3 Å². The maximum atomic E-state index is 11.9. The molecule has 9 fully saturated rings. The lowest BCUT2D eigenvalue weighted by atomic mass is 9.16. The van der Waals surface area contributed by atoms with Crippen molar-refractivity contribution in [2.45, 2.75) is 133 Å². The lowest BCUT2D eigenvalue weighted by Gasteiger charge is -2.88. The predicted octanol–water partition coefficient (Wildman–Crippen LogP) is 8.98. The summed E-state index contributed by atoms with van der Waals surface area (Å²) in [7, 11) is 0. The molecule has 9 unspecified atom stereocenters. The Morgan fingerprint density at radius 2 is 1.31 bits per heavy atom. The first kappa shape index (κ1) is 24.8. The smallest absolute Gasteiger partial charge is 0.303 e. The van der Waals surface area contributed by atoms with Gasteiger partial charge in [0, 0.05) is 6.42 Å². The van der Waals surface area contributed by atoms with E-state index in [1.165, 1.54) is 57.8 Å². The molecule has 198 valence electrons. The molecule has 35 heavy (non-hydrogen) atoms. The van der Waals surface area contributed by atoms with Gasteiger partial charge in [-0.15, -0.1) is 0 Å². The van der Waals surface area contributed by atoms with Crippen molar-refractivity contribution in [3.05, 3.63) is 0 Å². The largest absolute Gasteiger partial charge is 0.481 e. The first-order chi connectivity index (χ1) is 16.0. The van der Waals surface area contributed by atoms with E-state index < -0.39 is 5.97 Å². The highest BCUT2D eigenvalue weighted by Gasteiger charge is 2.85. The molecule has 0 spiro atoms. The van der Waals surface area contributed by atoms with Gasteiger partial charge < -0.3 is 5.11 Å². The molecule has 0 aromatic carbocycles. The molecule has 0 radical (unpaired) electrons. The monoisotopic (exact) mass is 482 g/mol. The number of hydrogen-bond acceptors (Lipinski definition) is 1. The Morgan fingerprint density at radius 3 is 1.83 bits per heavy atom. The van der Waals surface area contributed by atoms with Gasteiger partial charge in [-0.3, -0.25) is 4.79 Å². The molecule has 0 saturated heterocycles. The van der Waals surface area contributed by atoms with E-state index in [-0.39, 0.29) is 21.7 Å². The molecule has 0 aromatic heterocycles. The first-order valence-electron chi connectivity index (χ1n) is 15.2. The van der Waals surface area contributed by atoms with Crippen LogP contribution in [0.4, 0.5) is 0 Å². The fraction of sp³-hybridized carbons (Fsp3) is 0.970. The van der Waals surface area contributed by atoms with E-state index in [2.05, 4.69) is 62.3 Å². The van der Waals surface area contributed by atoms with Gasteiger partial charge in [0.05, 0.1) is 0 Å². The minimum absolute atomic E-state index is 0.157. The molecule has 1 N–H and O–H groups in total. The molecule has 0 aromatic rings. The molecule has 9 saturated carbocycles. The third kappa shape index (κ3) is 2.25. The van der Waals surface area contributed by atoms with Crippen LogP contribution in [0.15, 0.2) is 0 Å². The van der Waals surface area contributed by atoms with Gasteiger partial charge in [0.15, 0.2) is 0 Å². The maximum absolute atomic E-state index is 11.9. The summed E-state index contributed by atoms with van der Waals surface area (Å²) in [4.78, 5) is 11.9. The Labute approximate surface area is 215 Å². The molecular formula is C33H54O2. The van der Waals surface area contributed by atoms with Gasteiger partial charge in [0.2, 0.25) is 0 Å². The van der Waals surface area contributed by atoms with Crippen LogP contribution in [0.5, 0.6) is 0 Å². The number of carbonyl (C=O) groups is 1. The van der Waals surface area contributed by atoms with Crippen LogP contribution in [-0.4, -0.2) is 11.1 Å². The molecule has 0 heterocycles. The molecule has 2 nitrogen and oxygen atoms in total. The highest BCUT2D eigenvalue weighted by molar-refractivity contribution is 5.66. The number of fused-ring (bicyclic) bond motifs is 7. The predicted molar refractivity (Wildman–Crippen MR) is 143 cm³/mol. The molecule has 9 aliphatic carbocycles. The zero-order valence-corrected chi connectivity index (χ0v) is 24.4. The molecule has 9 aliphatic rings. The van der Waals surface area contributed by atoms with Crippen molar-refractivity contribution in [3.8, 4) is 0 Å². The Morgan fingerprint density at radius 1 is 0.743 bits per heavy atom. The Hall–Kier alpha value is -0.530. The third-order valence-corrected chi connectivity index (χ3v) is 16.7. The van der Waals surface area contributed by atoms with Crippen LogP contribution in [0.1, 0.15) is 133 Å². The maximum Gasteiger partial charge on any atom is 0.303 e. The van der Waals surface area contributed by atoms with Crippen molar-refractivity contribution in [2.24, 2.45) is 67.0 Å². The zero-order chi connectivity index (χ0) is 25.7. The average Bonchev–Trinajstić information content (AvgIpc) is 2.77. The molecule has 9 atom stereocenters. The normalized spacial score (nSPS) is 56.3. The van der Waals surface area contributed by atoms with E-state index in [4.69, 9.17) is 0 Å². The minimum Gasteiger partial charge on any atom is -0.481 e. The topological polar surface area (TPSA) is 37.3 Å². The Bertz CT molecular complexity index is 958.